The molecule has 3 heterocycles. The van der Waals surface area contributed by atoms with Gasteiger partial charge in [0.2, 0.25) is 5.91 Å². The minimum atomic E-state index is 0.247. The van der Waals surface area contributed by atoms with Gasteiger partial charge in [0.05, 0.1) is 12.2 Å². The molecule has 1 aliphatic rings. The van der Waals surface area contributed by atoms with Crippen molar-refractivity contribution in [2.24, 2.45) is 0 Å². The summed E-state index contributed by atoms with van der Waals surface area (Å²) in [7, 11) is 0. The zero-order chi connectivity index (χ0) is 18.3. The highest BCUT2D eigenvalue weighted by molar-refractivity contribution is 7.09. The summed E-state index contributed by atoms with van der Waals surface area (Å²) >= 11 is 1.72. The second-order valence-electron chi connectivity index (χ2n) is 7.15. The van der Waals surface area contributed by atoms with Gasteiger partial charge in [-0.3, -0.25) is 4.79 Å². The largest absolute Gasteiger partial charge is 0.335 e. The topological polar surface area (TPSA) is 50.5 Å². The molecule has 5 nitrogen and oxygen atoms in total. The Balaban J connectivity index is 1.50. The van der Waals surface area contributed by atoms with Crippen molar-refractivity contribution in [2.75, 3.05) is 0 Å². The van der Waals surface area contributed by atoms with Crippen LogP contribution in [0.3, 0.4) is 0 Å². The van der Waals surface area contributed by atoms with E-state index in [0.717, 1.165) is 47.7 Å². The molecule has 4 rings (SSSR count). The van der Waals surface area contributed by atoms with Gasteiger partial charge in [-0.25, -0.2) is 9.50 Å². The number of hydrogen-bond donors (Lipinski definition) is 0. The van der Waals surface area contributed by atoms with E-state index in [4.69, 9.17) is 0 Å². The molecule has 0 spiro atoms. The fraction of sp³-hybridized carbons (Fsp3) is 0.450. The number of rotatable bonds is 6. The van der Waals surface area contributed by atoms with Crippen LogP contribution >= 0.6 is 11.3 Å². The van der Waals surface area contributed by atoms with Gasteiger partial charge in [-0.15, -0.1) is 11.3 Å². The molecular weight excluding hydrogens is 344 g/mol. The van der Waals surface area contributed by atoms with E-state index in [1.54, 1.807) is 11.3 Å². The molecule has 0 saturated heterocycles. The molecule has 3 aromatic rings. The summed E-state index contributed by atoms with van der Waals surface area (Å²) < 4.78 is 1.90. The van der Waals surface area contributed by atoms with Crippen molar-refractivity contribution < 1.29 is 4.79 Å². The lowest BCUT2D eigenvalue weighted by atomic mass is 10.1. The van der Waals surface area contributed by atoms with Crippen LogP contribution in [0.5, 0.6) is 0 Å². The molecule has 136 valence electrons. The second kappa shape index (κ2) is 6.83. The van der Waals surface area contributed by atoms with E-state index in [-0.39, 0.29) is 5.91 Å². The number of fused-ring (bicyclic) bond motifs is 1. The summed E-state index contributed by atoms with van der Waals surface area (Å²) in [6.45, 7) is 6.82. The molecule has 1 saturated carbocycles. The van der Waals surface area contributed by atoms with Crippen LogP contribution < -0.4 is 0 Å². The molecule has 0 bridgehead atoms. The Morgan fingerprint density at radius 1 is 1.35 bits per heavy atom. The number of thiophene rings is 1. The van der Waals surface area contributed by atoms with Crippen molar-refractivity contribution in [1.82, 2.24) is 19.5 Å². The van der Waals surface area contributed by atoms with Crippen molar-refractivity contribution in [3.8, 4) is 0 Å². The lowest BCUT2D eigenvalue weighted by molar-refractivity contribution is -0.132. The maximum absolute atomic E-state index is 12.9. The Bertz CT molecular complexity index is 941. The van der Waals surface area contributed by atoms with E-state index in [1.807, 2.05) is 24.4 Å². The van der Waals surface area contributed by atoms with Gasteiger partial charge in [0.15, 0.2) is 5.65 Å². The number of nitrogens with zero attached hydrogens (tertiary/aromatic N) is 4. The van der Waals surface area contributed by atoms with Crippen LogP contribution in [0.4, 0.5) is 0 Å². The molecule has 0 radical (unpaired) electrons. The zero-order valence-electron chi connectivity index (χ0n) is 15.5. The lowest BCUT2D eigenvalue weighted by Gasteiger charge is -2.22. The third kappa shape index (κ3) is 3.38. The first-order valence-corrected chi connectivity index (χ1v) is 10.0. The molecule has 26 heavy (non-hydrogen) atoms. The van der Waals surface area contributed by atoms with Crippen molar-refractivity contribution >= 4 is 22.9 Å². The summed E-state index contributed by atoms with van der Waals surface area (Å²) in [5, 5.41) is 6.60. The monoisotopic (exact) mass is 368 g/mol. The van der Waals surface area contributed by atoms with E-state index in [2.05, 4.69) is 39.4 Å². The third-order valence-electron chi connectivity index (χ3n) is 5.09. The van der Waals surface area contributed by atoms with Crippen LogP contribution in [0.15, 0.2) is 23.6 Å². The molecule has 0 N–H and O–H groups in total. The summed E-state index contributed by atoms with van der Waals surface area (Å²) in [6, 6.07) is 6.58. The molecule has 0 aliphatic heterocycles. The highest BCUT2D eigenvalue weighted by atomic mass is 32.1. The summed E-state index contributed by atoms with van der Waals surface area (Å²) in [5.41, 5.74) is 5.07. The van der Waals surface area contributed by atoms with E-state index in [9.17, 15) is 4.79 Å². The summed E-state index contributed by atoms with van der Waals surface area (Å²) in [5.74, 6) is 0.247. The van der Waals surface area contributed by atoms with E-state index < -0.39 is 0 Å². The first-order chi connectivity index (χ1) is 12.5. The third-order valence-corrected chi connectivity index (χ3v) is 5.95. The van der Waals surface area contributed by atoms with E-state index in [1.165, 1.54) is 4.88 Å². The molecule has 1 amide bonds. The van der Waals surface area contributed by atoms with E-state index in [0.29, 0.717) is 18.9 Å². The molecule has 0 unspecified atom stereocenters. The van der Waals surface area contributed by atoms with Crippen LogP contribution in [-0.2, 0) is 17.8 Å². The Morgan fingerprint density at radius 3 is 2.85 bits per heavy atom. The Kier molecular flexibility index (Phi) is 4.53. The Hall–Kier alpha value is -2.21. The number of aromatic nitrogens is 3. The number of carbonyl (C=O) groups is 1. The number of aryl methyl sites for hydroxylation is 3. The summed E-state index contributed by atoms with van der Waals surface area (Å²) in [6.07, 6.45) is 3.51. The fourth-order valence-corrected chi connectivity index (χ4v) is 4.26. The predicted octanol–water partition coefficient (Wildman–Crippen LogP) is 3.84. The Morgan fingerprint density at radius 2 is 2.15 bits per heavy atom. The van der Waals surface area contributed by atoms with Gasteiger partial charge in [0.25, 0.3) is 0 Å². The average molecular weight is 369 g/mol. The first kappa shape index (κ1) is 17.2. The van der Waals surface area contributed by atoms with Crippen molar-refractivity contribution in [2.45, 2.75) is 59.0 Å². The van der Waals surface area contributed by atoms with Gasteiger partial charge in [0, 0.05) is 34.8 Å². The van der Waals surface area contributed by atoms with E-state index >= 15 is 0 Å². The predicted molar refractivity (Wildman–Crippen MR) is 103 cm³/mol. The Labute approximate surface area is 157 Å². The lowest BCUT2D eigenvalue weighted by Crippen LogP contribution is -2.32. The highest BCUT2D eigenvalue weighted by Gasteiger charge is 2.32. The quantitative estimate of drug-likeness (QED) is 0.664. The minimum absolute atomic E-state index is 0.247. The van der Waals surface area contributed by atoms with Gasteiger partial charge in [-0.2, -0.15) is 5.10 Å². The molecule has 0 atom stereocenters. The fourth-order valence-electron chi connectivity index (χ4n) is 3.56. The number of amides is 1. The first-order valence-electron chi connectivity index (χ1n) is 9.17. The van der Waals surface area contributed by atoms with Crippen LogP contribution in [0, 0.1) is 20.8 Å². The average Bonchev–Trinajstić information content (AvgIpc) is 3.17. The van der Waals surface area contributed by atoms with Gasteiger partial charge in [-0.05, 0) is 57.0 Å². The summed E-state index contributed by atoms with van der Waals surface area (Å²) in [4.78, 5) is 20.9. The van der Waals surface area contributed by atoms with Crippen LogP contribution in [-0.4, -0.2) is 31.4 Å². The molecular formula is C20H24N4OS. The van der Waals surface area contributed by atoms with Gasteiger partial charge >= 0.3 is 0 Å². The van der Waals surface area contributed by atoms with Crippen LogP contribution in [0.25, 0.3) is 5.65 Å². The highest BCUT2D eigenvalue weighted by Crippen LogP contribution is 2.30. The minimum Gasteiger partial charge on any atom is -0.335 e. The standard InChI is InChI=1S/C20H24N4OS/c1-13-11-19-21-14(2)18(15(3)24(19)22-13)8-9-20(25)23(16-6-7-16)12-17-5-4-10-26-17/h4-5,10-11,16H,6-9,12H2,1-3H3. The smallest absolute Gasteiger partial charge is 0.223 e. The van der Waals surface area contributed by atoms with Gasteiger partial charge in [-0.1, -0.05) is 6.07 Å². The molecule has 3 aromatic heterocycles. The van der Waals surface area contributed by atoms with Gasteiger partial charge in [0.1, 0.15) is 0 Å². The number of carbonyl (C=O) groups excluding carboxylic acids is 1. The van der Waals surface area contributed by atoms with Crippen molar-refractivity contribution in [3.63, 3.8) is 0 Å². The second-order valence-corrected chi connectivity index (χ2v) is 8.18. The van der Waals surface area contributed by atoms with Gasteiger partial charge < -0.3 is 4.90 Å². The maximum atomic E-state index is 12.9. The molecule has 1 fully saturated rings. The molecule has 6 heteroatoms. The maximum Gasteiger partial charge on any atom is 0.223 e. The van der Waals surface area contributed by atoms with Crippen LogP contribution in [0.2, 0.25) is 0 Å². The van der Waals surface area contributed by atoms with Crippen molar-refractivity contribution in [1.29, 1.82) is 0 Å². The van der Waals surface area contributed by atoms with Crippen molar-refractivity contribution in [3.05, 3.63) is 51.1 Å². The number of hydrogen-bond acceptors (Lipinski definition) is 4. The normalized spacial score (nSPS) is 14.1. The van der Waals surface area contributed by atoms with Crippen LogP contribution in [0.1, 0.15) is 46.8 Å². The zero-order valence-corrected chi connectivity index (χ0v) is 16.3. The molecule has 1 aliphatic carbocycles. The molecule has 0 aromatic carbocycles. The SMILES string of the molecule is Cc1cc2nc(C)c(CCC(=O)N(Cc3cccs3)C3CC3)c(C)n2n1.